The van der Waals surface area contributed by atoms with E-state index in [0.29, 0.717) is 10.7 Å². The molecule has 0 bridgehead atoms. The van der Waals surface area contributed by atoms with Crippen molar-refractivity contribution in [3.8, 4) is 10.4 Å². The summed E-state index contributed by atoms with van der Waals surface area (Å²) in [7, 11) is -3.71. The van der Waals surface area contributed by atoms with Gasteiger partial charge in [-0.2, -0.15) is 8.42 Å². The Balaban J connectivity index is 1.95. The molecule has 0 saturated carbocycles. The molecule has 2 N–H and O–H groups in total. The smallest absolute Gasteiger partial charge is 0.295 e. The second-order valence-electron chi connectivity index (χ2n) is 4.17. The van der Waals surface area contributed by atoms with Crippen molar-refractivity contribution in [1.29, 1.82) is 0 Å². The average Bonchev–Trinajstić information content (AvgIpc) is 3.10. The zero-order valence-electron chi connectivity index (χ0n) is 10.6. The molecule has 5 nitrogen and oxygen atoms in total. The van der Waals surface area contributed by atoms with Gasteiger partial charge in [0.05, 0.1) is 10.6 Å². The van der Waals surface area contributed by atoms with E-state index < -0.39 is 10.0 Å². The number of hydrogen-bond donors (Lipinski definition) is 2. The van der Waals surface area contributed by atoms with Gasteiger partial charge in [-0.05, 0) is 29.1 Å². The van der Waals surface area contributed by atoms with Crippen LogP contribution in [0.25, 0.3) is 10.4 Å². The van der Waals surface area contributed by atoms with E-state index in [0.717, 1.165) is 10.4 Å². The minimum atomic E-state index is -3.71. The number of hydrogen-bond acceptors (Lipinski definition) is 4. The van der Waals surface area contributed by atoms with Crippen LogP contribution in [0.1, 0.15) is 0 Å². The zero-order valence-corrected chi connectivity index (χ0v) is 13.0. The second-order valence-corrected chi connectivity index (χ2v) is 7.12. The molecule has 2 aromatic heterocycles. The fourth-order valence-corrected chi connectivity index (χ4v) is 3.83. The minimum absolute atomic E-state index is 0.115. The van der Waals surface area contributed by atoms with Crippen LogP contribution in [0.2, 0.25) is 5.02 Å². The predicted octanol–water partition coefficient (Wildman–Crippen LogP) is 3.59. The van der Waals surface area contributed by atoms with Gasteiger partial charge in [0, 0.05) is 17.4 Å². The number of aromatic amines is 1. The Morgan fingerprint density at radius 1 is 1.19 bits per heavy atom. The molecular weight excluding hydrogens is 330 g/mol. The molecule has 2 heterocycles. The molecule has 0 unspecified atom stereocenters. The van der Waals surface area contributed by atoms with Crippen molar-refractivity contribution < 1.29 is 8.42 Å². The summed E-state index contributed by atoms with van der Waals surface area (Å²) in [5.41, 5.74) is 1.41. The lowest BCUT2D eigenvalue weighted by Gasteiger charge is -2.07. The molecular formula is C13H10ClN3O2S2. The number of sulfonamides is 1. The van der Waals surface area contributed by atoms with Crippen molar-refractivity contribution >= 4 is 38.6 Å². The summed E-state index contributed by atoms with van der Waals surface area (Å²) in [5, 5.41) is 2.34. The molecule has 0 aliphatic heterocycles. The Morgan fingerprint density at radius 2 is 1.95 bits per heavy atom. The molecule has 0 atom stereocenters. The number of H-pyrrole nitrogens is 1. The van der Waals surface area contributed by atoms with E-state index in [-0.39, 0.29) is 5.16 Å². The van der Waals surface area contributed by atoms with E-state index in [1.165, 1.54) is 23.7 Å². The second kappa shape index (κ2) is 5.51. The first-order valence-corrected chi connectivity index (χ1v) is 8.66. The van der Waals surface area contributed by atoms with E-state index in [2.05, 4.69) is 14.7 Å². The third-order valence-corrected chi connectivity index (χ3v) is 5.18. The summed E-state index contributed by atoms with van der Waals surface area (Å²) in [6, 6.07) is 8.94. The van der Waals surface area contributed by atoms with Crippen LogP contribution in [0.5, 0.6) is 0 Å². The standard InChI is InChI=1S/C13H10ClN3O2S2/c14-10-3-1-9(2-4-10)12-11(5-8-20-12)17-21(18,19)13-15-6-7-16-13/h1-8,17H,(H,15,16). The molecule has 0 aliphatic carbocycles. The number of thiophene rings is 1. The van der Waals surface area contributed by atoms with Crippen molar-refractivity contribution in [3.05, 3.63) is 53.1 Å². The van der Waals surface area contributed by atoms with E-state index >= 15 is 0 Å². The van der Waals surface area contributed by atoms with Crippen LogP contribution in [0.4, 0.5) is 5.69 Å². The van der Waals surface area contributed by atoms with Crippen LogP contribution < -0.4 is 4.72 Å². The maximum atomic E-state index is 12.2. The maximum absolute atomic E-state index is 12.2. The molecule has 8 heteroatoms. The number of nitrogens with one attached hydrogen (secondary N) is 2. The Hall–Kier alpha value is -1.83. The largest absolute Gasteiger partial charge is 0.334 e. The van der Waals surface area contributed by atoms with E-state index in [1.807, 2.05) is 17.5 Å². The van der Waals surface area contributed by atoms with Gasteiger partial charge in [0.1, 0.15) is 0 Å². The van der Waals surface area contributed by atoms with Gasteiger partial charge in [-0.3, -0.25) is 4.72 Å². The van der Waals surface area contributed by atoms with Gasteiger partial charge in [0.2, 0.25) is 5.16 Å². The van der Waals surface area contributed by atoms with E-state index in [1.54, 1.807) is 18.2 Å². The molecule has 21 heavy (non-hydrogen) atoms. The number of halogens is 1. The summed E-state index contributed by atoms with van der Waals surface area (Å²) in [5.74, 6) is 0. The summed E-state index contributed by atoms with van der Waals surface area (Å²) in [6.07, 6.45) is 2.85. The third-order valence-electron chi connectivity index (χ3n) is 2.74. The van der Waals surface area contributed by atoms with Crippen molar-refractivity contribution in [1.82, 2.24) is 9.97 Å². The quantitative estimate of drug-likeness (QED) is 0.762. The molecule has 108 valence electrons. The van der Waals surface area contributed by atoms with E-state index in [9.17, 15) is 8.42 Å². The zero-order chi connectivity index (χ0) is 14.9. The van der Waals surface area contributed by atoms with Gasteiger partial charge in [-0.25, -0.2) is 4.98 Å². The number of rotatable bonds is 4. The summed E-state index contributed by atoms with van der Waals surface area (Å²) >= 11 is 7.31. The van der Waals surface area contributed by atoms with Crippen LogP contribution in [0.15, 0.2) is 53.3 Å². The summed E-state index contributed by atoms with van der Waals surface area (Å²) in [4.78, 5) is 7.16. The fourth-order valence-electron chi connectivity index (χ4n) is 1.81. The Bertz CT molecular complexity index is 840. The summed E-state index contributed by atoms with van der Waals surface area (Å²) < 4.78 is 26.9. The average molecular weight is 340 g/mol. The first-order chi connectivity index (χ1) is 10.1. The first kappa shape index (κ1) is 14.1. The lowest BCUT2D eigenvalue weighted by molar-refractivity contribution is 0.594. The number of anilines is 1. The fraction of sp³-hybridized carbons (Fsp3) is 0. The van der Waals surface area contributed by atoms with Crippen molar-refractivity contribution in [2.24, 2.45) is 0 Å². The minimum Gasteiger partial charge on any atom is -0.334 e. The monoisotopic (exact) mass is 339 g/mol. The topological polar surface area (TPSA) is 74.8 Å². The van der Waals surface area contributed by atoms with Crippen molar-refractivity contribution in [2.75, 3.05) is 4.72 Å². The molecule has 0 amide bonds. The van der Waals surface area contributed by atoms with Gasteiger partial charge in [0.25, 0.3) is 10.0 Å². The molecule has 0 saturated heterocycles. The Kier molecular flexibility index (Phi) is 3.71. The first-order valence-electron chi connectivity index (χ1n) is 5.92. The van der Waals surface area contributed by atoms with Gasteiger partial charge in [-0.1, -0.05) is 23.7 Å². The SMILES string of the molecule is O=S(=O)(Nc1ccsc1-c1ccc(Cl)cc1)c1ncc[nH]1. The van der Waals surface area contributed by atoms with Gasteiger partial charge in [-0.15, -0.1) is 11.3 Å². The summed E-state index contributed by atoms with van der Waals surface area (Å²) in [6.45, 7) is 0. The number of benzene rings is 1. The van der Waals surface area contributed by atoms with Crippen LogP contribution >= 0.6 is 22.9 Å². The lowest BCUT2D eigenvalue weighted by Crippen LogP contribution is -2.14. The predicted molar refractivity (Wildman–Crippen MR) is 84.2 cm³/mol. The van der Waals surface area contributed by atoms with Crippen LogP contribution in [0, 0.1) is 0 Å². The maximum Gasteiger partial charge on any atom is 0.295 e. The highest BCUT2D eigenvalue weighted by molar-refractivity contribution is 7.92. The van der Waals surface area contributed by atoms with Crippen LogP contribution in [-0.2, 0) is 10.0 Å². The van der Waals surface area contributed by atoms with Gasteiger partial charge < -0.3 is 4.98 Å². The number of imidazole rings is 1. The molecule has 3 rings (SSSR count). The molecule has 0 radical (unpaired) electrons. The molecule has 1 aromatic carbocycles. The van der Waals surface area contributed by atoms with Gasteiger partial charge >= 0.3 is 0 Å². The van der Waals surface area contributed by atoms with Crippen molar-refractivity contribution in [2.45, 2.75) is 5.16 Å². The van der Waals surface area contributed by atoms with Crippen molar-refractivity contribution in [3.63, 3.8) is 0 Å². The number of nitrogens with zero attached hydrogens (tertiary/aromatic N) is 1. The van der Waals surface area contributed by atoms with E-state index in [4.69, 9.17) is 11.6 Å². The molecule has 0 fully saturated rings. The highest BCUT2D eigenvalue weighted by Crippen LogP contribution is 2.35. The Morgan fingerprint density at radius 3 is 2.62 bits per heavy atom. The Labute approximate surface area is 130 Å². The molecule has 0 spiro atoms. The highest BCUT2D eigenvalue weighted by atomic mass is 35.5. The number of aromatic nitrogens is 2. The van der Waals surface area contributed by atoms with Crippen LogP contribution in [0.3, 0.4) is 0 Å². The normalized spacial score (nSPS) is 11.5. The lowest BCUT2D eigenvalue weighted by atomic mass is 10.2. The molecule has 0 aliphatic rings. The molecule has 3 aromatic rings. The van der Waals surface area contributed by atoms with Gasteiger partial charge in [0.15, 0.2) is 0 Å². The third kappa shape index (κ3) is 2.94. The highest BCUT2D eigenvalue weighted by Gasteiger charge is 2.19. The van der Waals surface area contributed by atoms with Crippen LogP contribution in [-0.4, -0.2) is 18.4 Å².